The number of amides is 3. The normalized spacial score (nSPS) is 11.0. The summed E-state index contributed by atoms with van der Waals surface area (Å²) in [5, 5.41) is 8.58. The van der Waals surface area contributed by atoms with Gasteiger partial charge in [0.1, 0.15) is 5.70 Å². The largest absolute Gasteiger partial charge is 0.378 e. The molecule has 0 atom stereocenters. The van der Waals surface area contributed by atoms with E-state index in [4.69, 9.17) is 0 Å². The van der Waals surface area contributed by atoms with Gasteiger partial charge in [0.25, 0.3) is 11.8 Å². The van der Waals surface area contributed by atoms with E-state index in [0.717, 1.165) is 33.0 Å². The Morgan fingerprint density at radius 3 is 2.14 bits per heavy atom. The molecule has 214 valence electrons. The highest BCUT2D eigenvalue weighted by molar-refractivity contribution is 8.00. The molecule has 4 rings (SSSR count). The van der Waals surface area contributed by atoms with Crippen molar-refractivity contribution >= 4 is 52.6 Å². The second-order valence-corrected chi connectivity index (χ2v) is 11.0. The van der Waals surface area contributed by atoms with E-state index < -0.39 is 5.91 Å². The van der Waals surface area contributed by atoms with Gasteiger partial charge in [-0.1, -0.05) is 48.0 Å². The number of hydrogen-bond donors (Lipinski definition) is 3. The zero-order valence-electron chi connectivity index (χ0n) is 24.1. The Bertz CT molecular complexity index is 1580. The molecule has 3 amide bonds. The van der Waals surface area contributed by atoms with Crippen LogP contribution in [-0.2, 0) is 9.59 Å². The number of aryl methyl sites for hydroxylation is 2. The van der Waals surface area contributed by atoms with E-state index in [-0.39, 0.29) is 23.3 Å². The Morgan fingerprint density at radius 1 is 0.810 bits per heavy atom. The van der Waals surface area contributed by atoms with Crippen molar-refractivity contribution in [2.24, 2.45) is 0 Å². The number of carbonyl (C=O) groups is 3. The van der Waals surface area contributed by atoms with Crippen LogP contribution in [0.1, 0.15) is 27.0 Å². The van der Waals surface area contributed by atoms with Crippen molar-refractivity contribution < 1.29 is 14.4 Å². The fourth-order valence-corrected chi connectivity index (χ4v) is 4.80. The van der Waals surface area contributed by atoms with Crippen molar-refractivity contribution in [2.45, 2.75) is 18.7 Å². The molecule has 42 heavy (non-hydrogen) atoms. The van der Waals surface area contributed by atoms with Gasteiger partial charge in [-0.05, 0) is 85.6 Å². The maximum absolute atomic E-state index is 13.3. The van der Waals surface area contributed by atoms with Gasteiger partial charge in [-0.2, -0.15) is 0 Å². The van der Waals surface area contributed by atoms with Crippen LogP contribution >= 0.6 is 11.8 Å². The minimum absolute atomic E-state index is 0.0908. The first kappa shape index (κ1) is 30.1. The van der Waals surface area contributed by atoms with Crippen LogP contribution in [0.15, 0.2) is 108 Å². The molecule has 4 aromatic rings. The van der Waals surface area contributed by atoms with Gasteiger partial charge in [0, 0.05) is 41.6 Å². The molecule has 0 saturated heterocycles. The van der Waals surface area contributed by atoms with Gasteiger partial charge in [0.15, 0.2) is 0 Å². The molecule has 4 aromatic carbocycles. The van der Waals surface area contributed by atoms with Crippen LogP contribution in [0.5, 0.6) is 0 Å². The van der Waals surface area contributed by atoms with Crippen molar-refractivity contribution in [2.75, 3.05) is 35.4 Å². The molecular weight excluding hydrogens is 544 g/mol. The maximum atomic E-state index is 13.3. The molecule has 0 heterocycles. The van der Waals surface area contributed by atoms with Crippen molar-refractivity contribution in [1.29, 1.82) is 0 Å². The monoisotopic (exact) mass is 578 g/mol. The molecule has 7 nitrogen and oxygen atoms in total. The number of nitrogens with zero attached hydrogens (tertiary/aromatic N) is 1. The molecule has 0 unspecified atom stereocenters. The first-order chi connectivity index (χ1) is 20.2. The molecule has 0 bridgehead atoms. The molecule has 0 radical (unpaired) electrons. The molecule has 0 aliphatic rings. The fraction of sp³-hybridized carbons (Fsp3) is 0.147. The summed E-state index contributed by atoms with van der Waals surface area (Å²) in [6.07, 6.45) is 1.65. The molecule has 0 spiro atoms. The molecular formula is C34H34N4O3S. The molecule has 3 N–H and O–H groups in total. The van der Waals surface area contributed by atoms with E-state index in [1.807, 2.05) is 93.5 Å². The van der Waals surface area contributed by atoms with Crippen LogP contribution in [-0.4, -0.2) is 37.6 Å². The third-order valence-electron chi connectivity index (χ3n) is 6.39. The highest BCUT2D eigenvalue weighted by Crippen LogP contribution is 2.22. The zero-order valence-corrected chi connectivity index (χ0v) is 24.9. The van der Waals surface area contributed by atoms with Crippen molar-refractivity contribution in [3.05, 3.63) is 125 Å². The molecule has 0 saturated carbocycles. The Labute approximate surface area is 251 Å². The van der Waals surface area contributed by atoms with Gasteiger partial charge in [-0.15, -0.1) is 11.8 Å². The van der Waals surface area contributed by atoms with E-state index in [0.29, 0.717) is 11.3 Å². The lowest BCUT2D eigenvalue weighted by atomic mass is 10.1. The van der Waals surface area contributed by atoms with Crippen LogP contribution in [0.3, 0.4) is 0 Å². The van der Waals surface area contributed by atoms with Crippen LogP contribution in [0.2, 0.25) is 0 Å². The Morgan fingerprint density at radius 2 is 1.50 bits per heavy atom. The predicted molar refractivity (Wildman–Crippen MR) is 173 cm³/mol. The lowest BCUT2D eigenvalue weighted by molar-refractivity contribution is -0.114. The lowest BCUT2D eigenvalue weighted by Crippen LogP contribution is -2.30. The zero-order chi connectivity index (χ0) is 30.1. The highest BCUT2D eigenvalue weighted by atomic mass is 32.2. The summed E-state index contributed by atoms with van der Waals surface area (Å²) < 4.78 is 0. The van der Waals surface area contributed by atoms with E-state index in [9.17, 15) is 14.4 Å². The van der Waals surface area contributed by atoms with Crippen molar-refractivity contribution in [1.82, 2.24) is 5.32 Å². The summed E-state index contributed by atoms with van der Waals surface area (Å²) >= 11 is 1.41. The molecule has 0 fully saturated rings. The summed E-state index contributed by atoms with van der Waals surface area (Å²) in [7, 11) is 3.91. The summed E-state index contributed by atoms with van der Waals surface area (Å²) in [5.41, 5.74) is 5.88. The standard InChI is InChI=1S/C34H34N4O3S/c1-23-10-19-30(24(2)20-23)36-32(39)22-42-29-17-13-27(14-18-29)35-34(41)31(37-33(40)26-8-6-5-7-9-26)21-25-11-15-28(16-12-25)38(3)4/h5-21H,22H2,1-4H3,(H,35,41)(H,36,39)(H,37,40)/b31-21-. The van der Waals surface area contributed by atoms with Gasteiger partial charge in [0.2, 0.25) is 5.91 Å². The Kier molecular flexibility index (Phi) is 10.2. The quantitative estimate of drug-likeness (QED) is 0.147. The lowest BCUT2D eigenvalue weighted by Gasteiger charge is -2.13. The van der Waals surface area contributed by atoms with E-state index >= 15 is 0 Å². The van der Waals surface area contributed by atoms with Crippen molar-refractivity contribution in [3.8, 4) is 0 Å². The molecule has 0 aliphatic heterocycles. The first-order valence-corrected chi connectivity index (χ1v) is 14.4. The third kappa shape index (κ3) is 8.59. The van der Waals surface area contributed by atoms with Gasteiger partial charge < -0.3 is 20.9 Å². The van der Waals surface area contributed by atoms with E-state index in [2.05, 4.69) is 16.0 Å². The van der Waals surface area contributed by atoms with Gasteiger partial charge in [0.05, 0.1) is 5.75 Å². The summed E-state index contributed by atoms with van der Waals surface area (Å²) in [5.74, 6) is -0.673. The highest BCUT2D eigenvalue weighted by Gasteiger charge is 2.15. The van der Waals surface area contributed by atoms with E-state index in [1.54, 1.807) is 42.5 Å². The summed E-state index contributed by atoms with van der Waals surface area (Å²) in [6.45, 7) is 3.99. The van der Waals surface area contributed by atoms with E-state index in [1.165, 1.54) is 11.8 Å². The topological polar surface area (TPSA) is 90.5 Å². The second-order valence-electron chi connectivity index (χ2n) is 10.00. The van der Waals surface area contributed by atoms with Gasteiger partial charge in [-0.25, -0.2) is 0 Å². The number of benzene rings is 4. The number of anilines is 3. The van der Waals surface area contributed by atoms with Gasteiger partial charge in [-0.3, -0.25) is 14.4 Å². The van der Waals surface area contributed by atoms with Crippen LogP contribution in [0, 0.1) is 13.8 Å². The average Bonchev–Trinajstić information content (AvgIpc) is 2.98. The molecule has 0 aliphatic carbocycles. The van der Waals surface area contributed by atoms with Crippen LogP contribution in [0.4, 0.5) is 17.1 Å². The third-order valence-corrected chi connectivity index (χ3v) is 7.40. The Hall–Kier alpha value is -4.82. The maximum Gasteiger partial charge on any atom is 0.272 e. The number of hydrogen-bond acceptors (Lipinski definition) is 5. The Balaban J connectivity index is 1.42. The van der Waals surface area contributed by atoms with Crippen LogP contribution in [0.25, 0.3) is 6.08 Å². The minimum Gasteiger partial charge on any atom is -0.378 e. The number of nitrogens with one attached hydrogen (secondary N) is 3. The summed E-state index contributed by atoms with van der Waals surface area (Å²) in [6, 6.07) is 29.5. The summed E-state index contributed by atoms with van der Waals surface area (Å²) in [4.78, 5) is 41.6. The minimum atomic E-state index is -0.454. The van der Waals surface area contributed by atoms with Crippen LogP contribution < -0.4 is 20.9 Å². The van der Waals surface area contributed by atoms with Gasteiger partial charge >= 0.3 is 0 Å². The predicted octanol–water partition coefficient (Wildman–Crippen LogP) is 6.51. The second kappa shape index (κ2) is 14.2. The smallest absolute Gasteiger partial charge is 0.272 e. The number of carbonyl (C=O) groups excluding carboxylic acids is 3. The first-order valence-electron chi connectivity index (χ1n) is 13.4. The number of rotatable bonds is 10. The van der Waals surface area contributed by atoms with Crippen molar-refractivity contribution in [3.63, 3.8) is 0 Å². The fourth-order valence-electron chi connectivity index (χ4n) is 4.10. The SMILES string of the molecule is Cc1ccc(NC(=O)CSc2ccc(NC(=O)/C(=C/c3ccc(N(C)C)cc3)NC(=O)c3ccccc3)cc2)c(C)c1. The molecule has 0 aromatic heterocycles. The number of thioether (sulfide) groups is 1. The average molecular weight is 579 g/mol. The molecule has 8 heteroatoms.